The van der Waals surface area contributed by atoms with Crippen molar-refractivity contribution in [3.63, 3.8) is 0 Å². The van der Waals surface area contributed by atoms with Crippen molar-refractivity contribution >= 4 is 30.6 Å². The molecule has 0 aromatic heterocycles. The van der Waals surface area contributed by atoms with Gasteiger partial charge in [-0.25, -0.2) is 0 Å². The fraction of sp³-hybridized carbons (Fsp3) is 0.548. The summed E-state index contributed by atoms with van der Waals surface area (Å²) in [6, 6.07) is 21.4. The SMILES string of the molecule is COC(=O)C1CCCC(O[Si](c2ccccc2)(c2ccccc2)C(C)(C)C)C1.O=C1OC2CCCC1C2. The number of ether oxygens (including phenoxy) is 2. The molecule has 2 aliphatic carbocycles. The summed E-state index contributed by atoms with van der Waals surface area (Å²) in [5.41, 5.74) is 0. The Balaban J connectivity index is 0.000000295. The van der Waals surface area contributed by atoms with E-state index >= 15 is 0 Å². The van der Waals surface area contributed by atoms with Crippen LogP contribution in [0.25, 0.3) is 0 Å². The second-order valence-electron chi connectivity index (χ2n) is 11.7. The zero-order chi connectivity index (χ0) is 26.5. The first-order valence-corrected chi connectivity index (χ1v) is 15.7. The van der Waals surface area contributed by atoms with Gasteiger partial charge < -0.3 is 13.9 Å². The fourth-order valence-electron chi connectivity index (χ4n) is 6.30. The van der Waals surface area contributed by atoms with E-state index in [9.17, 15) is 9.59 Å². The summed E-state index contributed by atoms with van der Waals surface area (Å²) >= 11 is 0. The Hall–Kier alpha value is -2.44. The van der Waals surface area contributed by atoms with Gasteiger partial charge in [-0.1, -0.05) is 87.9 Å². The highest BCUT2D eigenvalue weighted by Gasteiger charge is 2.52. The summed E-state index contributed by atoms with van der Waals surface area (Å²) < 4.78 is 17.2. The van der Waals surface area contributed by atoms with E-state index in [-0.39, 0.29) is 41.0 Å². The number of carbonyl (C=O) groups excluding carboxylic acids is 2. The zero-order valence-corrected chi connectivity index (χ0v) is 23.8. The first-order chi connectivity index (χ1) is 17.7. The molecule has 2 bridgehead atoms. The second-order valence-corrected chi connectivity index (χ2v) is 16.0. The summed E-state index contributed by atoms with van der Waals surface area (Å²) in [5, 5.41) is 2.52. The average molecular weight is 523 g/mol. The quantitative estimate of drug-likeness (QED) is 0.389. The number of rotatable bonds is 5. The molecule has 0 spiro atoms. The molecule has 5 rings (SSSR count). The third-order valence-corrected chi connectivity index (χ3v) is 13.3. The molecule has 2 aromatic carbocycles. The van der Waals surface area contributed by atoms with Crippen LogP contribution in [-0.4, -0.2) is 39.6 Å². The molecule has 4 unspecified atom stereocenters. The predicted octanol–water partition coefficient (Wildman–Crippen LogP) is 5.40. The van der Waals surface area contributed by atoms with Crippen LogP contribution >= 0.6 is 0 Å². The summed E-state index contributed by atoms with van der Waals surface area (Å²) in [7, 11) is -1.08. The van der Waals surface area contributed by atoms with E-state index in [2.05, 4.69) is 81.4 Å². The van der Waals surface area contributed by atoms with Gasteiger partial charge in [0.15, 0.2) is 0 Å². The van der Waals surface area contributed by atoms with Crippen LogP contribution in [0.3, 0.4) is 0 Å². The van der Waals surface area contributed by atoms with Gasteiger partial charge in [-0.05, 0) is 60.4 Å². The lowest BCUT2D eigenvalue weighted by Crippen LogP contribution is -2.68. The Kier molecular flexibility index (Phi) is 8.91. The molecular weight excluding hydrogens is 480 g/mol. The van der Waals surface area contributed by atoms with Crippen molar-refractivity contribution in [1.82, 2.24) is 0 Å². The fourth-order valence-corrected chi connectivity index (χ4v) is 11.0. The topological polar surface area (TPSA) is 61.8 Å². The molecular formula is C31H42O5Si. The monoisotopic (exact) mass is 522 g/mol. The van der Waals surface area contributed by atoms with E-state index in [0.29, 0.717) is 0 Å². The van der Waals surface area contributed by atoms with Crippen LogP contribution in [0.2, 0.25) is 5.04 Å². The molecule has 0 N–H and O–H groups in total. The molecule has 6 heteroatoms. The van der Waals surface area contributed by atoms with Crippen molar-refractivity contribution in [2.75, 3.05) is 7.11 Å². The molecule has 5 nitrogen and oxygen atoms in total. The highest BCUT2D eigenvalue weighted by Crippen LogP contribution is 2.40. The van der Waals surface area contributed by atoms with E-state index in [4.69, 9.17) is 13.9 Å². The lowest BCUT2D eigenvalue weighted by molar-refractivity contribution is -0.147. The van der Waals surface area contributed by atoms with Crippen molar-refractivity contribution < 1.29 is 23.5 Å². The van der Waals surface area contributed by atoms with Crippen molar-refractivity contribution in [3.8, 4) is 0 Å². The summed E-state index contributed by atoms with van der Waals surface area (Å²) in [5.74, 6) is 0.166. The Morgan fingerprint density at radius 2 is 1.46 bits per heavy atom. The van der Waals surface area contributed by atoms with Crippen LogP contribution in [0.15, 0.2) is 60.7 Å². The van der Waals surface area contributed by atoms with Crippen molar-refractivity contribution in [2.45, 2.75) is 89.4 Å². The maximum absolute atomic E-state index is 12.1. The van der Waals surface area contributed by atoms with Gasteiger partial charge in [-0.3, -0.25) is 9.59 Å². The van der Waals surface area contributed by atoms with E-state index in [0.717, 1.165) is 44.9 Å². The number of carbonyl (C=O) groups is 2. The molecule has 3 aliphatic rings. The van der Waals surface area contributed by atoms with Gasteiger partial charge in [0.2, 0.25) is 0 Å². The van der Waals surface area contributed by atoms with Crippen molar-refractivity contribution in [1.29, 1.82) is 0 Å². The third-order valence-electron chi connectivity index (χ3n) is 8.16. The maximum Gasteiger partial charge on any atom is 0.309 e. The summed E-state index contributed by atoms with van der Waals surface area (Å²) in [4.78, 5) is 23.0. The van der Waals surface area contributed by atoms with Crippen LogP contribution in [0.1, 0.15) is 72.1 Å². The van der Waals surface area contributed by atoms with Crippen molar-refractivity contribution in [3.05, 3.63) is 60.7 Å². The molecule has 200 valence electrons. The van der Waals surface area contributed by atoms with E-state index < -0.39 is 8.32 Å². The molecule has 3 fully saturated rings. The van der Waals surface area contributed by atoms with Crippen LogP contribution in [0.5, 0.6) is 0 Å². The highest BCUT2D eigenvalue weighted by atomic mass is 28.4. The summed E-state index contributed by atoms with van der Waals surface area (Å²) in [6.07, 6.45) is 8.35. The number of esters is 2. The van der Waals surface area contributed by atoms with Gasteiger partial charge in [0.25, 0.3) is 8.32 Å². The van der Waals surface area contributed by atoms with Gasteiger partial charge in [0.1, 0.15) is 6.10 Å². The maximum atomic E-state index is 12.1. The number of fused-ring (bicyclic) bond motifs is 2. The number of hydrogen-bond donors (Lipinski definition) is 0. The Morgan fingerprint density at radius 1 is 0.865 bits per heavy atom. The van der Waals surface area contributed by atoms with Gasteiger partial charge >= 0.3 is 11.9 Å². The molecule has 37 heavy (non-hydrogen) atoms. The Labute approximate surface area is 223 Å². The minimum atomic E-state index is -2.56. The number of benzene rings is 2. The predicted molar refractivity (Wildman–Crippen MR) is 148 cm³/mol. The lowest BCUT2D eigenvalue weighted by atomic mass is 9.87. The molecule has 4 atom stereocenters. The lowest BCUT2D eigenvalue weighted by Gasteiger charge is -2.46. The standard InChI is InChI=1S/C24H32O3Si.C7H10O2/c1-24(2,3)28(21-14-7-5-8-15-21,22-16-9-6-10-17-22)27-20-13-11-12-19(18-20)23(25)26-4;8-7-5-2-1-3-6(4-5)9-7/h5-10,14-17,19-20H,11-13,18H2,1-4H3;5-6H,1-4H2. The first kappa shape index (κ1) is 27.6. The average Bonchev–Trinajstić information content (AvgIpc) is 3.17. The van der Waals surface area contributed by atoms with Crippen LogP contribution in [-0.2, 0) is 23.5 Å². The zero-order valence-electron chi connectivity index (χ0n) is 22.8. The smallest absolute Gasteiger partial charge is 0.309 e. The van der Waals surface area contributed by atoms with Crippen LogP contribution in [0.4, 0.5) is 0 Å². The molecule has 2 aromatic rings. The van der Waals surface area contributed by atoms with Gasteiger partial charge in [0.05, 0.1) is 18.9 Å². The van der Waals surface area contributed by atoms with Crippen molar-refractivity contribution in [2.24, 2.45) is 11.8 Å². The first-order valence-electron chi connectivity index (χ1n) is 13.8. The third kappa shape index (κ3) is 6.18. The second kappa shape index (κ2) is 12.0. The van der Waals surface area contributed by atoms with Crippen LogP contribution in [0, 0.1) is 11.8 Å². The largest absolute Gasteiger partial charge is 0.469 e. The molecule has 0 radical (unpaired) electrons. The highest BCUT2D eigenvalue weighted by molar-refractivity contribution is 6.99. The number of methoxy groups -OCH3 is 1. The minimum Gasteiger partial charge on any atom is -0.469 e. The minimum absolute atomic E-state index is 0.0477. The molecule has 0 amide bonds. The van der Waals surface area contributed by atoms with E-state index in [1.54, 1.807) is 0 Å². The van der Waals surface area contributed by atoms with E-state index in [1.807, 2.05) is 0 Å². The van der Waals surface area contributed by atoms with E-state index in [1.165, 1.54) is 23.9 Å². The molecule has 1 heterocycles. The van der Waals surface area contributed by atoms with Gasteiger partial charge in [0, 0.05) is 6.10 Å². The van der Waals surface area contributed by atoms with Gasteiger partial charge in [-0.2, -0.15) is 0 Å². The van der Waals surface area contributed by atoms with Crippen LogP contribution < -0.4 is 10.4 Å². The number of hydrogen-bond acceptors (Lipinski definition) is 5. The van der Waals surface area contributed by atoms with Gasteiger partial charge in [-0.15, -0.1) is 0 Å². The Morgan fingerprint density at radius 3 is 1.97 bits per heavy atom. The Bertz CT molecular complexity index is 993. The molecule has 1 saturated heterocycles. The molecule has 1 aliphatic heterocycles. The normalized spacial score (nSPS) is 25.5. The molecule has 2 saturated carbocycles. The summed E-state index contributed by atoms with van der Waals surface area (Å²) in [6.45, 7) is 6.87.